The van der Waals surface area contributed by atoms with Gasteiger partial charge >= 0.3 is 0 Å². The number of H-pyrrole nitrogens is 1. The van der Waals surface area contributed by atoms with E-state index in [2.05, 4.69) is 39.2 Å². The standard InChI is InChI=1S/C21H25N3OS/c1-15-20(18-7-3-4-8-19(18)22-15)21(25)16(2)24-11-9-23(10-12-24)14-17-6-5-13-26-17/h3-8,13,16,22H,9-12,14H2,1-2H3/t16-/m1/s1. The molecule has 0 unspecified atom stereocenters. The van der Waals surface area contributed by atoms with Gasteiger partial charge in [0.25, 0.3) is 0 Å². The minimum atomic E-state index is -0.0863. The van der Waals surface area contributed by atoms with E-state index in [0.29, 0.717) is 0 Å². The van der Waals surface area contributed by atoms with Crippen LogP contribution in [0.4, 0.5) is 0 Å². The van der Waals surface area contributed by atoms with Gasteiger partial charge in [-0.2, -0.15) is 0 Å². The summed E-state index contributed by atoms with van der Waals surface area (Å²) in [6.07, 6.45) is 0. The van der Waals surface area contributed by atoms with Crippen LogP contribution in [0.1, 0.15) is 27.9 Å². The number of carbonyl (C=O) groups is 1. The highest BCUT2D eigenvalue weighted by Gasteiger charge is 2.28. The number of aryl methyl sites for hydroxylation is 1. The maximum Gasteiger partial charge on any atom is 0.182 e. The number of nitrogens with one attached hydrogen (secondary N) is 1. The number of ketones is 1. The Labute approximate surface area is 158 Å². The second-order valence-electron chi connectivity index (χ2n) is 7.10. The van der Waals surface area contributed by atoms with E-state index in [1.54, 1.807) is 0 Å². The first-order chi connectivity index (χ1) is 12.6. The summed E-state index contributed by atoms with van der Waals surface area (Å²) < 4.78 is 0. The van der Waals surface area contributed by atoms with Gasteiger partial charge in [-0.05, 0) is 31.4 Å². The van der Waals surface area contributed by atoms with Crippen LogP contribution < -0.4 is 0 Å². The molecule has 1 atom stereocenters. The molecule has 3 heterocycles. The minimum Gasteiger partial charge on any atom is -0.358 e. The summed E-state index contributed by atoms with van der Waals surface area (Å²) in [5.74, 6) is 0.228. The smallest absolute Gasteiger partial charge is 0.182 e. The predicted octanol–water partition coefficient (Wildman–Crippen LogP) is 3.93. The van der Waals surface area contributed by atoms with Crippen molar-refractivity contribution in [1.82, 2.24) is 14.8 Å². The van der Waals surface area contributed by atoms with Gasteiger partial charge in [-0.25, -0.2) is 0 Å². The summed E-state index contributed by atoms with van der Waals surface area (Å²) in [6.45, 7) is 9.00. The molecule has 136 valence electrons. The molecule has 0 aliphatic carbocycles. The second-order valence-corrected chi connectivity index (χ2v) is 8.13. The molecule has 4 nitrogen and oxygen atoms in total. The number of nitrogens with zero attached hydrogens (tertiary/aromatic N) is 2. The average molecular weight is 368 g/mol. The third-order valence-electron chi connectivity index (χ3n) is 5.43. The van der Waals surface area contributed by atoms with Crippen molar-refractivity contribution in [2.75, 3.05) is 26.2 Å². The fourth-order valence-corrected chi connectivity index (χ4v) is 4.65. The van der Waals surface area contributed by atoms with Crippen molar-refractivity contribution in [2.24, 2.45) is 0 Å². The molecule has 1 N–H and O–H groups in total. The van der Waals surface area contributed by atoms with Gasteiger partial charge in [0.05, 0.1) is 6.04 Å². The lowest BCUT2D eigenvalue weighted by Gasteiger charge is -2.37. The molecular formula is C21H25N3OS. The van der Waals surface area contributed by atoms with Crippen LogP contribution in [0.25, 0.3) is 10.9 Å². The highest BCUT2D eigenvalue weighted by Crippen LogP contribution is 2.25. The van der Waals surface area contributed by atoms with Crippen LogP contribution in [0.2, 0.25) is 0 Å². The molecule has 3 aromatic rings. The first-order valence-electron chi connectivity index (χ1n) is 9.24. The van der Waals surface area contributed by atoms with Crippen molar-refractivity contribution < 1.29 is 4.79 Å². The molecule has 0 spiro atoms. The molecule has 0 radical (unpaired) electrons. The van der Waals surface area contributed by atoms with E-state index in [4.69, 9.17) is 0 Å². The van der Waals surface area contributed by atoms with Gasteiger partial charge in [0, 0.05) is 59.8 Å². The van der Waals surface area contributed by atoms with Crippen molar-refractivity contribution in [3.63, 3.8) is 0 Å². The summed E-state index contributed by atoms with van der Waals surface area (Å²) in [4.78, 5) is 22.8. The van der Waals surface area contributed by atoms with Gasteiger partial charge < -0.3 is 4.98 Å². The van der Waals surface area contributed by atoms with Crippen LogP contribution in [0, 0.1) is 6.92 Å². The maximum absolute atomic E-state index is 13.2. The molecule has 0 bridgehead atoms. The molecule has 1 fully saturated rings. The third-order valence-corrected chi connectivity index (χ3v) is 6.29. The molecule has 1 aliphatic heterocycles. The van der Waals surface area contributed by atoms with Crippen LogP contribution in [-0.2, 0) is 6.54 Å². The zero-order valence-electron chi connectivity index (χ0n) is 15.4. The summed E-state index contributed by atoms with van der Waals surface area (Å²) in [5.41, 5.74) is 2.87. The normalized spacial score (nSPS) is 17.6. The van der Waals surface area contributed by atoms with Crippen LogP contribution in [-0.4, -0.2) is 52.8 Å². The van der Waals surface area contributed by atoms with Gasteiger partial charge in [0.2, 0.25) is 0 Å². The largest absolute Gasteiger partial charge is 0.358 e. The van der Waals surface area contributed by atoms with Crippen LogP contribution >= 0.6 is 11.3 Å². The molecule has 26 heavy (non-hydrogen) atoms. The molecule has 1 aliphatic rings. The number of thiophene rings is 1. The molecule has 1 aromatic carbocycles. The Balaban J connectivity index is 1.44. The summed E-state index contributed by atoms with van der Waals surface area (Å²) in [5, 5.41) is 3.17. The number of aromatic nitrogens is 1. The van der Waals surface area contributed by atoms with Gasteiger partial charge in [-0.15, -0.1) is 11.3 Å². The van der Waals surface area contributed by atoms with Crippen LogP contribution in [0.3, 0.4) is 0 Å². The van der Waals surface area contributed by atoms with Crippen molar-refractivity contribution in [3.05, 3.63) is 57.9 Å². The third kappa shape index (κ3) is 3.34. The fourth-order valence-electron chi connectivity index (χ4n) is 3.90. The molecular weight excluding hydrogens is 342 g/mol. The van der Waals surface area contributed by atoms with E-state index >= 15 is 0 Å². The lowest BCUT2D eigenvalue weighted by atomic mass is 10.0. The lowest BCUT2D eigenvalue weighted by Crippen LogP contribution is -2.51. The average Bonchev–Trinajstić information content (AvgIpc) is 3.27. The Hall–Kier alpha value is -1.95. The Kier molecular flexibility index (Phi) is 4.94. The van der Waals surface area contributed by atoms with Gasteiger partial charge in [0.1, 0.15) is 0 Å². The number of rotatable bonds is 5. The summed E-state index contributed by atoms with van der Waals surface area (Å²) >= 11 is 1.82. The first kappa shape index (κ1) is 17.5. The zero-order valence-corrected chi connectivity index (χ0v) is 16.2. The first-order valence-corrected chi connectivity index (χ1v) is 10.1. The molecule has 0 amide bonds. The zero-order chi connectivity index (χ0) is 18.1. The van der Waals surface area contributed by atoms with E-state index in [-0.39, 0.29) is 11.8 Å². The second kappa shape index (κ2) is 7.35. The van der Waals surface area contributed by atoms with Crippen molar-refractivity contribution in [1.29, 1.82) is 0 Å². The number of hydrogen-bond donors (Lipinski definition) is 1. The number of fused-ring (bicyclic) bond motifs is 1. The number of hydrogen-bond acceptors (Lipinski definition) is 4. The van der Waals surface area contributed by atoms with E-state index < -0.39 is 0 Å². The number of benzene rings is 1. The monoisotopic (exact) mass is 367 g/mol. The Bertz CT molecular complexity index is 891. The van der Waals surface area contributed by atoms with Crippen LogP contribution in [0.5, 0.6) is 0 Å². The Morgan fingerprint density at radius 1 is 1.15 bits per heavy atom. The molecule has 5 heteroatoms. The predicted molar refractivity (Wildman–Crippen MR) is 108 cm³/mol. The van der Waals surface area contributed by atoms with E-state index in [0.717, 1.165) is 54.9 Å². The summed E-state index contributed by atoms with van der Waals surface area (Å²) in [7, 11) is 0. The molecule has 1 saturated heterocycles. The van der Waals surface area contributed by atoms with Crippen LogP contribution in [0.15, 0.2) is 41.8 Å². The highest BCUT2D eigenvalue weighted by molar-refractivity contribution is 7.09. The number of para-hydroxylation sites is 1. The molecule has 4 rings (SSSR count). The van der Waals surface area contributed by atoms with Gasteiger partial charge in [0.15, 0.2) is 5.78 Å². The van der Waals surface area contributed by atoms with Crippen molar-refractivity contribution in [2.45, 2.75) is 26.4 Å². The quantitative estimate of drug-likeness (QED) is 0.695. The van der Waals surface area contributed by atoms with Crippen molar-refractivity contribution >= 4 is 28.0 Å². The number of carbonyl (C=O) groups excluding carboxylic acids is 1. The minimum absolute atomic E-state index is 0.0863. The van der Waals surface area contributed by atoms with E-state index in [1.165, 1.54) is 4.88 Å². The Morgan fingerprint density at radius 3 is 2.65 bits per heavy atom. The Morgan fingerprint density at radius 2 is 1.92 bits per heavy atom. The highest BCUT2D eigenvalue weighted by atomic mass is 32.1. The molecule has 0 saturated carbocycles. The number of piperazine rings is 1. The van der Waals surface area contributed by atoms with Gasteiger partial charge in [-0.3, -0.25) is 14.6 Å². The van der Waals surface area contributed by atoms with E-state index in [9.17, 15) is 4.79 Å². The SMILES string of the molecule is Cc1[nH]c2ccccc2c1C(=O)[C@@H](C)N1CCN(Cc2cccs2)CC1. The number of aromatic amines is 1. The summed E-state index contributed by atoms with van der Waals surface area (Å²) in [6, 6.07) is 12.3. The topological polar surface area (TPSA) is 39.3 Å². The van der Waals surface area contributed by atoms with E-state index in [1.807, 2.05) is 42.5 Å². The van der Waals surface area contributed by atoms with Crippen molar-refractivity contribution in [3.8, 4) is 0 Å². The van der Waals surface area contributed by atoms with Gasteiger partial charge in [-0.1, -0.05) is 24.3 Å². The lowest BCUT2D eigenvalue weighted by molar-refractivity contribution is 0.0690. The maximum atomic E-state index is 13.2. The number of Topliss-reactive ketones (excluding diaryl/α,β-unsaturated/α-hetero) is 1. The molecule has 2 aromatic heterocycles. The fraction of sp³-hybridized carbons (Fsp3) is 0.381.